The number of aromatic nitrogens is 2. The monoisotopic (exact) mass is 269 g/mol. The van der Waals surface area contributed by atoms with Gasteiger partial charge in [0.2, 0.25) is 5.13 Å². The predicted molar refractivity (Wildman–Crippen MR) is 71.1 cm³/mol. The molecule has 1 aromatic heterocycles. The van der Waals surface area contributed by atoms with Gasteiger partial charge >= 0.3 is 0 Å². The van der Waals surface area contributed by atoms with Gasteiger partial charge in [0.25, 0.3) is 0 Å². The van der Waals surface area contributed by atoms with E-state index in [0.29, 0.717) is 10.8 Å². The zero-order valence-electron chi connectivity index (χ0n) is 9.53. The molecular formula is C11H12ClN3OS. The second-order valence-electron chi connectivity index (χ2n) is 3.29. The number of rotatable bonds is 4. The Balaban J connectivity index is 2.32. The van der Waals surface area contributed by atoms with Gasteiger partial charge in [-0.15, -0.1) is 10.2 Å². The Hall–Kier alpha value is -1.33. The van der Waals surface area contributed by atoms with Gasteiger partial charge in [0, 0.05) is 12.1 Å². The van der Waals surface area contributed by atoms with Gasteiger partial charge < -0.3 is 10.1 Å². The van der Waals surface area contributed by atoms with Crippen LogP contribution < -0.4 is 10.1 Å². The van der Waals surface area contributed by atoms with E-state index in [1.54, 1.807) is 13.2 Å². The molecule has 90 valence electrons. The molecule has 17 heavy (non-hydrogen) atoms. The van der Waals surface area contributed by atoms with E-state index in [-0.39, 0.29) is 0 Å². The van der Waals surface area contributed by atoms with Crippen molar-refractivity contribution in [3.8, 4) is 16.3 Å². The van der Waals surface area contributed by atoms with Gasteiger partial charge in [-0.05, 0) is 19.1 Å². The lowest BCUT2D eigenvalue weighted by molar-refractivity contribution is 0.415. The molecule has 6 heteroatoms. The second-order valence-corrected chi connectivity index (χ2v) is 4.68. The van der Waals surface area contributed by atoms with Crippen LogP contribution in [0.1, 0.15) is 6.92 Å². The van der Waals surface area contributed by atoms with E-state index in [2.05, 4.69) is 15.5 Å². The second kappa shape index (κ2) is 5.33. The van der Waals surface area contributed by atoms with Crippen molar-refractivity contribution in [2.24, 2.45) is 0 Å². The molecular weight excluding hydrogens is 258 g/mol. The van der Waals surface area contributed by atoms with E-state index >= 15 is 0 Å². The summed E-state index contributed by atoms with van der Waals surface area (Å²) in [6.07, 6.45) is 0. The number of methoxy groups -OCH3 is 1. The lowest BCUT2D eigenvalue weighted by Gasteiger charge is -2.03. The number of hydrogen-bond acceptors (Lipinski definition) is 5. The molecule has 2 rings (SSSR count). The fourth-order valence-corrected chi connectivity index (χ4v) is 2.36. The molecule has 4 nitrogen and oxygen atoms in total. The third kappa shape index (κ3) is 2.68. The fraction of sp³-hybridized carbons (Fsp3) is 0.273. The topological polar surface area (TPSA) is 47.0 Å². The van der Waals surface area contributed by atoms with E-state index < -0.39 is 0 Å². The molecule has 0 atom stereocenters. The number of nitrogens with one attached hydrogen (secondary N) is 1. The van der Waals surface area contributed by atoms with E-state index in [1.165, 1.54) is 11.3 Å². The lowest BCUT2D eigenvalue weighted by atomic mass is 10.2. The first-order valence-corrected chi connectivity index (χ1v) is 6.35. The van der Waals surface area contributed by atoms with Crippen molar-refractivity contribution in [3.05, 3.63) is 23.2 Å². The summed E-state index contributed by atoms with van der Waals surface area (Å²) < 4.78 is 5.17. The molecule has 0 unspecified atom stereocenters. The summed E-state index contributed by atoms with van der Waals surface area (Å²) in [4.78, 5) is 0. The highest BCUT2D eigenvalue weighted by atomic mass is 35.5. The predicted octanol–water partition coefficient (Wildman–Crippen LogP) is 3.30. The molecule has 1 aromatic carbocycles. The van der Waals surface area contributed by atoms with Gasteiger partial charge in [-0.1, -0.05) is 29.0 Å². The Labute approximate surface area is 109 Å². The Morgan fingerprint density at radius 1 is 1.41 bits per heavy atom. The Kier molecular flexibility index (Phi) is 3.81. The van der Waals surface area contributed by atoms with Gasteiger partial charge in [0.1, 0.15) is 10.8 Å². The quantitative estimate of drug-likeness (QED) is 0.925. The van der Waals surface area contributed by atoms with Crippen LogP contribution in [0.2, 0.25) is 5.02 Å². The van der Waals surface area contributed by atoms with Crippen molar-refractivity contribution in [2.75, 3.05) is 19.0 Å². The minimum atomic E-state index is 0.590. The molecule has 0 aliphatic heterocycles. The summed E-state index contributed by atoms with van der Waals surface area (Å²) in [7, 11) is 1.59. The fourth-order valence-electron chi connectivity index (χ4n) is 1.36. The van der Waals surface area contributed by atoms with Crippen molar-refractivity contribution in [1.29, 1.82) is 0 Å². The van der Waals surface area contributed by atoms with Gasteiger partial charge in [-0.3, -0.25) is 0 Å². The molecule has 0 radical (unpaired) electrons. The van der Waals surface area contributed by atoms with Crippen LogP contribution in [0.15, 0.2) is 18.2 Å². The molecule has 0 aliphatic carbocycles. The lowest BCUT2D eigenvalue weighted by Crippen LogP contribution is -1.94. The van der Waals surface area contributed by atoms with Crippen LogP contribution in [0.4, 0.5) is 5.13 Å². The molecule has 0 aliphatic rings. The van der Waals surface area contributed by atoms with E-state index in [1.807, 2.05) is 19.1 Å². The summed E-state index contributed by atoms with van der Waals surface area (Å²) in [5, 5.41) is 13.5. The molecule has 0 saturated heterocycles. The van der Waals surface area contributed by atoms with Gasteiger partial charge in [0.05, 0.1) is 12.1 Å². The first-order valence-electron chi connectivity index (χ1n) is 5.16. The average Bonchev–Trinajstić information content (AvgIpc) is 2.79. The highest BCUT2D eigenvalue weighted by molar-refractivity contribution is 7.18. The highest BCUT2D eigenvalue weighted by Crippen LogP contribution is 2.32. The van der Waals surface area contributed by atoms with Crippen LogP contribution in [0, 0.1) is 0 Å². The molecule has 1 N–H and O–H groups in total. The maximum absolute atomic E-state index is 5.97. The third-order valence-corrected chi connectivity index (χ3v) is 3.39. The minimum absolute atomic E-state index is 0.590. The van der Waals surface area contributed by atoms with E-state index in [0.717, 1.165) is 22.2 Å². The first kappa shape index (κ1) is 12.1. The Bertz CT molecular complexity index is 515. The van der Waals surface area contributed by atoms with Gasteiger partial charge in [0.15, 0.2) is 0 Å². The van der Waals surface area contributed by atoms with Crippen molar-refractivity contribution < 1.29 is 4.74 Å². The third-order valence-electron chi connectivity index (χ3n) is 2.15. The zero-order valence-corrected chi connectivity index (χ0v) is 11.1. The first-order chi connectivity index (χ1) is 8.24. The minimum Gasteiger partial charge on any atom is -0.495 e. The van der Waals surface area contributed by atoms with Crippen LogP contribution in [0.5, 0.6) is 5.75 Å². The average molecular weight is 270 g/mol. The summed E-state index contributed by atoms with van der Waals surface area (Å²) in [6, 6.07) is 5.56. The smallest absolute Gasteiger partial charge is 0.205 e. The summed E-state index contributed by atoms with van der Waals surface area (Å²) >= 11 is 7.47. The number of benzene rings is 1. The van der Waals surface area contributed by atoms with Crippen LogP contribution in [0.25, 0.3) is 10.6 Å². The number of halogens is 1. The number of anilines is 1. The molecule has 1 heterocycles. The van der Waals surface area contributed by atoms with Crippen LogP contribution >= 0.6 is 22.9 Å². The summed E-state index contributed by atoms with van der Waals surface area (Å²) in [5.74, 6) is 0.643. The summed E-state index contributed by atoms with van der Waals surface area (Å²) in [6.45, 7) is 2.85. The molecule has 0 bridgehead atoms. The zero-order chi connectivity index (χ0) is 12.3. The highest BCUT2D eigenvalue weighted by Gasteiger charge is 2.08. The Morgan fingerprint density at radius 3 is 2.94 bits per heavy atom. The van der Waals surface area contributed by atoms with Crippen molar-refractivity contribution in [3.63, 3.8) is 0 Å². The maximum Gasteiger partial charge on any atom is 0.205 e. The SMILES string of the molecule is CCNc1nnc(-c2ccc(Cl)c(OC)c2)s1. The molecule has 0 amide bonds. The van der Waals surface area contributed by atoms with E-state index in [4.69, 9.17) is 16.3 Å². The van der Waals surface area contributed by atoms with Gasteiger partial charge in [-0.25, -0.2) is 0 Å². The van der Waals surface area contributed by atoms with E-state index in [9.17, 15) is 0 Å². The molecule has 0 saturated carbocycles. The summed E-state index contributed by atoms with van der Waals surface area (Å²) in [5.41, 5.74) is 0.952. The van der Waals surface area contributed by atoms with Crippen molar-refractivity contribution >= 4 is 28.1 Å². The Morgan fingerprint density at radius 2 is 2.24 bits per heavy atom. The number of ether oxygens (including phenoxy) is 1. The maximum atomic E-state index is 5.97. The van der Waals surface area contributed by atoms with Crippen molar-refractivity contribution in [2.45, 2.75) is 6.92 Å². The van der Waals surface area contributed by atoms with Crippen molar-refractivity contribution in [1.82, 2.24) is 10.2 Å². The van der Waals surface area contributed by atoms with Gasteiger partial charge in [-0.2, -0.15) is 0 Å². The molecule has 0 spiro atoms. The largest absolute Gasteiger partial charge is 0.495 e. The number of nitrogens with zero attached hydrogens (tertiary/aromatic N) is 2. The molecule has 2 aromatic rings. The number of hydrogen-bond donors (Lipinski definition) is 1. The molecule has 0 fully saturated rings. The van der Waals surface area contributed by atoms with Crippen LogP contribution in [-0.4, -0.2) is 23.9 Å². The normalized spacial score (nSPS) is 10.3. The standard InChI is InChI=1S/C11H12ClN3OS/c1-3-13-11-15-14-10(17-11)7-4-5-8(12)9(6-7)16-2/h4-6H,3H2,1-2H3,(H,13,15). The van der Waals surface area contributed by atoms with Crippen LogP contribution in [-0.2, 0) is 0 Å². The van der Waals surface area contributed by atoms with Crippen LogP contribution in [0.3, 0.4) is 0 Å².